The third kappa shape index (κ3) is 3.62. The van der Waals surface area contributed by atoms with Crippen LogP contribution in [0.15, 0.2) is 48.1 Å². The van der Waals surface area contributed by atoms with Crippen molar-refractivity contribution >= 4 is 40.6 Å². The first kappa shape index (κ1) is 14.6. The van der Waals surface area contributed by atoms with Gasteiger partial charge in [0.15, 0.2) is 0 Å². The molecule has 4 heteroatoms. The summed E-state index contributed by atoms with van der Waals surface area (Å²) in [5.41, 5.74) is 1.84. The highest BCUT2D eigenvalue weighted by Gasteiger charge is 2.27. The zero-order valence-electron chi connectivity index (χ0n) is 10.4. The summed E-state index contributed by atoms with van der Waals surface area (Å²) in [5.74, 6) is -0.215. The summed E-state index contributed by atoms with van der Waals surface area (Å²) in [7, 11) is 0. The number of carbonyl (C=O) groups excluding carboxylic acids is 1. The Morgan fingerprint density at radius 2 is 1.89 bits per heavy atom. The van der Waals surface area contributed by atoms with Gasteiger partial charge in [-0.15, -0.1) is 0 Å². The van der Waals surface area contributed by atoms with E-state index in [0.717, 1.165) is 11.1 Å². The molecule has 0 bridgehead atoms. The van der Waals surface area contributed by atoms with Crippen molar-refractivity contribution in [1.29, 1.82) is 0 Å². The molecule has 0 fully saturated rings. The van der Waals surface area contributed by atoms with Gasteiger partial charge in [-0.25, -0.2) is 0 Å². The molecule has 0 saturated heterocycles. The van der Waals surface area contributed by atoms with E-state index in [2.05, 4.69) is 0 Å². The van der Waals surface area contributed by atoms with Crippen molar-refractivity contribution in [1.82, 2.24) is 0 Å². The first-order valence-electron chi connectivity index (χ1n) is 5.92. The minimum Gasteiger partial charge on any atom is -0.299 e. The summed E-state index contributed by atoms with van der Waals surface area (Å²) < 4.78 is -0.870. The molecule has 0 heterocycles. The van der Waals surface area contributed by atoms with Crippen LogP contribution >= 0.6 is 34.8 Å². The average molecular weight is 316 g/mol. The van der Waals surface area contributed by atoms with E-state index < -0.39 is 4.33 Å². The summed E-state index contributed by atoms with van der Waals surface area (Å²) in [6, 6.07) is 7.30. The van der Waals surface area contributed by atoms with E-state index in [1.54, 1.807) is 25.1 Å². The maximum atomic E-state index is 11.9. The molecule has 100 valence electrons. The molecule has 0 aromatic heterocycles. The monoisotopic (exact) mass is 314 g/mol. The fraction of sp³-hybridized carbons (Fsp3) is 0.267. The SMILES string of the molecule is CC(=O)C(C1=CCC(Cl)(Cl)C=C1)c1ccc(Cl)cc1. The standard InChI is InChI=1S/C15H13Cl3O/c1-10(19)14(11-2-4-13(16)5-3-11)12-6-8-15(17,18)9-7-12/h2-8,14H,9H2,1H3. The topological polar surface area (TPSA) is 17.1 Å². The first-order valence-corrected chi connectivity index (χ1v) is 7.05. The van der Waals surface area contributed by atoms with Crippen LogP contribution in [0, 0.1) is 0 Å². The van der Waals surface area contributed by atoms with Crippen molar-refractivity contribution in [2.45, 2.75) is 23.6 Å². The van der Waals surface area contributed by atoms with Gasteiger partial charge in [-0.2, -0.15) is 0 Å². The largest absolute Gasteiger partial charge is 0.299 e. The second-order valence-electron chi connectivity index (χ2n) is 4.60. The van der Waals surface area contributed by atoms with Crippen molar-refractivity contribution in [3.05, 3.63) is 58.7 Å². The van der Waals surface area contributed by atoms with E-state index >= 15 is 0 Å². The average Bonchev–Trinajstić information content (AvgIpc) is 2.33. The molecule has 1 aromatic rings. The molecular formula is C15H13Cl3O. The number of rotatable bonds is 3. The zero-order valence-corrected chi connectivity index (χ0v) is 12.6. The molecule has 1 aromatic carbocycles. The highest BCUT2D eigenvalue weighted by molar-refractivity contribution is 6.50. The number of hydrogen-bond donors (Lipinski definition) is 0. The molecular weight excluding hydrogens is 303 g/mol. The van der Waals surface area contributed by atoms with E-state index in [9.17, 15) is 4.79 Å². The number of halogens is 3. The first-order chi connectivity index (χ1) is 8.89. The van der Waals surface area contributed by atoms with Gasteiger partial charge in [-0.05, 0) is 36.3 Å². The van der Waals surface area contributed by atoms with Gasteiger partial charge in [0.25, 0.3) is 0 Å². The van der Waals surface area contributed by atoms with Gasteiger partial charge in [-0.3, -0.25) is 4.79 Å². The van der Waals surface area contributed by atoms with Crippen molar-refractivity contribution < 1.29 is 4.79 Å². The van der Waals surface area contributed by atoms with E-state index in [4.69, 9.17) is 34.8 Å². The Labute approximate surface area is 127 Å². The van der Waals surface area contributed by atoms with Crippen molar-refractivity contribution in [2.75, 3.05) is 0 Å². The molecule has 1 unspecified atom stereocenters. The van der Waals surface area contributed by atoms with Crippen molar-refractivity contribution in [3.63, 3.8) is 0 Å². The van der Waals surface area contributed by atoms with Crippen LogP contribution < -0.4 is 0 Å². The van der Waals surface area contributed by atoms with E-state index in [1.165, 1.54) is 0 Å². The number of alkyl halides is 2. The molecule has 1 atom stereocenters. The second-order valence-corrected chi connectivity index (χ2v) is 6.58. The molecule has 19 heavy (non-hydrogen) atoms. The number of ketones is 1. The normalized spacial score (nSPS) is 18.8. The number of Topliss-reactive ketones (excluding diaryl/α,β-unsaturated/α-hetero) is 1. The van der Waals surface area contributed by atoms with E-state index in [1.807, 2.05) is 24.3 Å². The molecule has 1 nitrogen and oxygen atoms in total. The third-order valence-electron chi connectivity index (χ3n) is 3.07. The van der Waals surface area contributed by atoms with Gasteiger partial charge in [0.2, 0.25) is 0 Å². The highest BCUT2D eigenvalue weighted by Crippen LogP contribution is 2.36. The third-order valence-corrected chi connectivity index (χ3v) is 3.89. The van der Waals surface area contributed by atoms with Crippen LogP contribution in [-0.4, -0.2) is 10.1 Å². The predicted molar refractivity (Wildman–Crippen MR) is 81.2 cm³/mol. The minimum atomic E-state index is -0.870. The van der Waals surface area contributed by atoms with Crippen LogP contribution in [0.3, 0.4) is 0 Å². The predicted octanol–water partition coefficient (Wildman–Crippen LogP) is 5.07. The fourth-order valence-electron chi connectivity index (χ4n) is 2.14. The summed E-state index contributed by atoms with van der Waals surface area (Å²) in [6.07, 6.45) is 5.96. The van der Waals surface area contributed by atoms with Crippen LogP contribution in [-0.2, 0) is 4.79 Å². The Hall–Kier alpha value is -0.760. The fourth-order valence-corrected chi connectivity index (χ4v) is 2.55. The minimum absolute atomic E-state index is 0.0786. The molecule has 1 aliphatic carbocycles. The van der Waals surface area contributed by atoms with Crippen LogP contribution in [0.1, 0.15) is 24.8 Å². The maximum Gasteiger partial charge on any atom is 0.141 e. The summed E-state index contributed by atoms with van der Waals surface area (Å²) >= 11 is 17.9. The quantitative estimate of drug-likeness (QED) is 0.711. The van der Waals surface area contributed by atoms with Crippen molar-refractivity contribution in [3.8, 4) is 0 Å². The molecule has 2 rings (SSSR count). The lowest BCUT2D eigenvalue weighted by Gasteiger charge is -2.23. The van der Waals surface area contributed by atoms with Crippen LogP contribution in [0.4, 0.5) is 0 Å². The molecule has 0 spiro atoms. The van der Waals surface area contributed by atoms with Gasteiger partial charge in [0, 0.05) is 11.4 Å². The van der Waals surface area contributed by atoms with Gasteiger partial charge in [-0.1, -0.05) is 59.1 Å². The molecule has 0 aliphatic heterocycles. The van der Waals surface area contributed by atoms with E-state index in [0.29, 0.717) is 11.4 Å². The van der Waals surface area contributed by atoms with Gasteiger partial charge < -0.3 is 0 Å². The molecule has 0 saturated carbocycles. The Kier molecular flexibility index (Phi) is 4.39. The molecule has 0 amide bonds. The van der Waals surface area contributed by atoms with Gasteiger partial charge in [0.1, 0.15) is 10.1 Å². The number of hydrogen-bond acceptors (Lipinski definition) is 1. The highest BCUT2D eigenvalue weighted by atomic mass is 35.5. The molecule has 0 N–H and O–H groups in total. The Balaban J connectivity index is 2.33. The van der Waals surface area contributed by atoms with Gasteiger partial charge in [0.05, 0.1) is 5.92 Å². The molecule has 0 radical (unpaired) electrons. The lowest BCUT2D eigenvalue weighted by Crippen LogP contribution is -2.16. The Morgan fingerprint density at radius 1 is 1.26 bits per heavy atom. The number of carbonyl (C=O) groups is 1. The van der Waals surface area contributed by atoms with Crippen LogP contribution in [0.5, 0.6) is 0 Å². The number of allylic oxidation sites excluding steroid dienone is 4. The second kappa shape index (κ2) is 5.70. The summed E-state index contributed by atoms with van der Waals surface area (Å²) in [5, 5.41) is 0.653. The van der Waals surface area contributed by atoms with Crippen LogP contribution in [0.25, 0.3) is 0 Å². The van der Waals surface area contributed by atoms with E-state index in [-0.39, 0.29) is 11.7 Å². The van der Waals surface area contributed by atoms with Gasteiger partial charge >= 0.3 is 0 Å². The van der Waals surface area contributed by atoms with Crippen molar-refractivity contribution in [2.24, 2.45) is 0 Å². The Bertz CT molecular complexity index is 541. The lowest BCUT2D eigenvalue weighted by molar-refractivity contribution is -0.117. The zero-order chi connectivity index (χ0) is 14.0. The Morgan fingerprint density at radius 3 is 2.37 bits per heavy atom. The smallest absolute Gasteiger partial charge is 0.141 e. The lowest BCUT2D eigenvalue weighted by atomic mass is 9.85. The summed E-state index contributed by atoms with van der Waals surface area (Å²) in [6.45, 7) is 1.58. The summed E-state index contributed by atoms with van der Waals surface area (Å²) in [4.78, 5) is 11.9. The maximum absolute atomic E-state index is 11.9. The number of benzene rings is 1. The molecule has 1 aliphatic rings. The van der Waals surface area contributed by atoms with Crippen LogP contribution in [0.2, 0.25) is 5.02 Å².